The summed E-state index contributed by atoms with van der Waals surface area (Å²) in [4.78, 5) is 12.3. The maximum absolute atomic E-state index is 11.9. The van der Waals surface area contributed by atoms with Crippen LogP contribution in [-0.2, 0) is 0 Å². The average Bonchev–Trinajstić information content (AvgIpc) is 3.13. The zero-order valence-electron chi connectivity index (χ0n) is 11.9. The Kier molecular flexibility index (Phi) is 4.19. The topological polar surface area (TPSA) is 90.9 Å². The number of nitrogens with two attached hydrogens (primary N) is 1. The highest BCUT2D eigenvalue weighted by molar-refractivity contribution is 7.17. The number of thiophene rings is 1. The fourth-order valence-corrected chi connectivity index (χ4v) is 3.40. The lowest BCUT2D eigenvalue weighted by Crippen LogP contribution is -2.21. The monoisotopic (exact) mass is 292 g/mol. The summed E-state index contributed by atoms with van der Waals surface area (Å²) in [7, 11) is 1.56. The molecule has 0 aromatic carbocycles. The standard InChI is InChI=1S/C14H20N4OS/c1-3-4-14(5-6-14)8-18-13-10(12(19)17-2)11(16)9(7-15)20-13/h18H,3-6,8,16H2,1-2H3,(H,17,19). The van der Waals surface area contributed by atoms with Crippen LogP contribution in [0.3, 0.4) is 0 Å². The Labute approximate surface area is 123 Å². The normalized spacial score (nSPS) is 15.4. The number of hydrogen-bond donors (Lipinski definition) is 3. The molecule has 1 amide bonds. The first kappa shape index (κ1) is 14.7. The van der Waals surface area contributed by atoms with Gasteiger partial charge in [0.15, 0.2) is 0 Å². The minimum atomic E-state index is -0.247. The van der Waals surface area contributed by atoms with E-state index in [4.69, 9.17) is 11.0 Å². The molecule has 1 aromatic rings. The fraction of sp³-hybridized carbons (Fsp3) is 0.571. The van der Waals surface area contributed by atoms with E-state index in [-0.39, 0.29) is 11.6 Å². The number of carbonyl (C=O) groups is 1. The number of nitriles is 1. The van der Waals surface area contributed by atoms with Crippen molar-refractivity contribution in [3.05, 3.63) is 10.4 Å². The van der Waals surface area contributed by atoms with Gasteiger partial charge in [-0.3, -0.25) is 4.79 Å². The third-order valence-corrected chi connectivity index (χ3v) is 4.93. The van der Waals surface area contributed by atoms with Crippen LogP contribution in [0.15, 0.2) is 0 Å². The van der Waals surface area contributed by atoms with Crippen molar-refractivity contribution in [1.82, 2.24) is 5.32 Å². The molecule has 4 N–H and O–H groups in total. The van der Waals surface area contributed by atoms with Gasteiger partial charge in [-0.05, 0) is 24.7 Å². The quantitative estimate of drug-likeness (QED) is 0.751. The molecule has 6 heteroatoms. The molecule has 1 aliphatic rings. The van der Waals surface area contributed by atoms with E-state index in [0.717, 1.165) is 6.54 Å². The molecule has 0 unspecified atom stereocenters. The van der Waals surface area contributed by atoms with Gasteiger partial charge < -0.3 is 16.4 Å². The number of nitrogens with zero attached hydrogens (tertiary/aromatic N) is 1. The zero-order valence-corrected chi connectivity index (χ0v) is 12.7. The Morgan fingerprint density at radius 1 is 1.55 bits per heavy atom. The molecule has 1 aliphatic carbocycles. The summed E-state index contributed by atoms with van der Waals surface area (Å²) in [6, 6.07) is 2.05. The summed E-state index contributed by atoms with van der Waals surface area (Å²) < 4.78 is 0. The Balaban J connectivity index is 2.19. The molecule has 0 aliphatic heterocycles. The highest BCUT2D eigenvalue weighted by Crippen LogP contribution is 2.50. The first-order valence-electron chi connectivity index (χ1n) is 6.85. The average molecular weight is 292 g/mol. The molecule has 1 heterocycles. The number of hydrogen-bond acceptors (Lipinski definition) is 5. The van der Waals surface area contributed by atoms with Crippen molar-refractivity contribution >= 4 is 27.9 Å². The summed E-state index contributed by atoms with van der Waals surface area (Å²) >= 11 is 1.26. The van der Waals surface area contributed by atoms with Crippen LogP contribution in [0.4, 0.5) is 10.7 Å². The number of nitrogen functional groups attached to an aromatic ring is 1. The van der Waals surface area contributed by atoms with Crippen LogP contribution in [0, 0.1) is 16.7 Å². The van der Waals surface area contributed by atoms with Gasteiger partial charge in [0, 0.05) is 13.6 Å². The minimum Gasteiger partial charge on any atom is -0.396 e. The minimum absolute atomic E-state index is 0.247. The van der Waals surface area contributed by atoms with Crippen molar-refractivity contribution in [1.29, 1.82) is 5.26 Å². The first-order valence-corrected chi connectivity index (χ1v) is 7.67. The third-order valence-electron chi connectivity index (χ3n) is 3.86. The van der Waals surface area contributed by atoms with Crippen LogP contribution in [0.1, 0.15) is 47.8 Å². The van der Waals surface area contributed by atoms with Gasteiger partial charge in [-0.15, -0.1) is 11.3 Å². The van der Waals surface area contributed by atoms with Crippen LogP contribution in [-0.4, -0.2) is 19.5 Å². The fourth-order valence-electron chi connectivity index (χ4n) is 2.49. The van der Waals surface area contributed by atoms with Crippen molar-refractivity contribution in [2.45, 2.75) is 32.6 Å². The maximum Gasteiger partial charge on any atom is 0.256 e. The Hall–Kier alpha value is -1.74. The number of anilines is 2. The van der Waals surface area contributed by atoms with E-state index >= 15 is 0 Å². The molecule has 0 atom stereocenters. The van der Waals surface area contributed by atoms with E-state index in [1.54, 1.807) is 7.05 Å². The molecule has 1 aromatic heterocycles. The van der Waals surface area contributed by atoms with Crippen molar-refractivity contribution in [2.24, 2.45) is 5.41 Å². The molecule has 0 radical (unpaired) electrons. The van der Waals surface area contributed by atoms with Crippen LogP contribution >= 0.6 is 11.3 Å². The molecular weight excluding hydrogens is 272 g/mol. The van der Waals surface area contributed by atoms with Gasteiger partial charge >= 0.3 is 0 Å². The van der Waals surface area contributed by atoms with E-state index < -0.39 is 0 Å². The van der Waals surface area contributed by atoms with Gasteiger partial charge in [-0.1, -0.05) is 13.3 Å². The Morgan fingerprint density at radius 2 is 2.25 bits per heavy atom. The number of rotatable bonds is 6. The lowest BCUT2D eigenvalue weighted by atomic mass is 10.0. The van der Waals surface area contributed by atoms with Gasteiger partial charge in [0.05, 0.1) is 11.3 Å². The van der Waals surface area contributed by atoms with E-state index in [0.29, 0.717) is 20.9 Å². The maximum atomic E-state index is 11.9. The third kappa shape index (κ3) is 2.73. The second-order valence-electron chi connectivity index (χ2n) is 5.34. The second kappa shape index (κ2) is 5.71. The van der Waals surface area contributed by atoms with Gasteiger partial charge in [0.25, 0.3) is 5.91 Å². The van der Waals surface area contributed by atoms with Gasteiger partial charge in [-0.2, -0.15) is 5.26 Å². The zero-order chi connectivity index (χ0) is 14.8. The van der Waals surface area contributed by atoms with Crippen LogP contribution in [0.2, 0.25) is 0 Å². The molecule has 1 fully saturated rings. The molecule has 5 nitrogen and oxygen atoms in total. The van der Waals surface area contributed by atoms with Crippen LogP contribution in [0.25, 0.3) is 0 Å². The summed E-state index contributed by atoms with van der Waals surface area (Å²) in [6.07, 6.45) is 4.82. The molecule has 2 rings (SSSR count). The lowest BCUT2D eigenvalue weighted by molar-refractivity contribution is 0.0965. The van der Waals surface area contributed by atoms with Crippen LogP contribution in [0.5, 0.6) is 0 Å². The van der Waals surface area contributed by atoms with E-state index in [1.165, 1.54) is 37.0 Å². The molecule has 0 spiro atoms. The van der Waals surface area contributed by atoms with E-state index in [2.05, 4.69) is 17.6 Å². The Bertz CT molecular complexity index is 554. The van der Waals surface area contributed by atoms with E-state index in [1.807, 2.05) is 6.07 Å². The largest absolute Gasteiger partial charge is 0.396 e. The summed E-state index contributed by atoms with van der Waals surface area (Å²) in [6.45, 7) is 3.03. The van der Waals surface area contributed by atoms with Gasteiger partial charge in [0.2, 0.25) is 0 Å². The molecule has 108 valence electrons. The lowest BCUT2D eigenvalue weighted by Gasteiger charge is -2.15. The summed E-state index contributed by atoms with van der Waals surface area (Å²) in [5.74, 6) is -0.247. The number of carbonyl (C=O) groups excluding carboxylic acids is 1. The predicted molar refractivity (Wildman–Crippen MR) is 81.9 cm³/mol. The molecule has 0 bridgehead atoms. The molecule has 0 saturated heterocycles. The van der Waals surface area contributed by atoms with Crippen molar-refractivity contribution in [3.8, 4) is 6.07 Å². The van der Waals surface area contributed by atoms with Gasteiger partial charge in [-0.25, -0.2) is 0 Å². The predicted octanol–water partition coefficient (Wildman–Crippen LogP) is 2.55. The number of amides is 1. The smallest absolute Gasteiger partial charge is 0.256 e. The summed E-state index contributed by atoms with van der Waals surface area (Å²) in [5.41, 5.74) is 6.95. The van der Waals surface area contributed by atoms with Crippen molar-refractivity contribution in [3.63, 3.8) is 0 Å². The van der Waals surface area contributed by atoms with Crippen LogP contribution < -0.4 is 16.4 Å². The molecular formula is C14H20N4OS. The summed E-state index contributed by atoms with van der Waals surface area (Å²) in [5, 5.41) is 15.7. The van der Waals surface area contributed by atoms with E-state index in [9.17, 15) is 4.79 Å². The van der Waals surface area contributed by atoms with Crippen molar-refractivity contribution < 1.29 is 4.79 Å². The second-order valence-corrected chi connectivity index (χ2v) is 6.36. The Morgan fingerprint density at radius 3 is 2.75 bits per heavy atom. The molecule has 20 heavy (non-hydrogen) atoms. The van der Waals surface area contributed by atoms with Crippen molar-refractivity contribution in [2.75, 3.05) is 24.6 Å². The molecule has 1 saturated carbocycles. The highest BCUT2D eigenvalue weighted by atomic mass is 32.1. The highest BCUT2D eigenvalue weighted by Gasteiger charge is 2.41. The van der Waals surface area contributed by atoms with Gasteiger partial charge in [0.1, 0.15) is 15.9 Å². The SMILES string of the molecule is CCCC1(CNc2sc(C#N)c(N)c2C(=O)NC)CC1. The first-order chi connectivity index (χ1) is 9.56. The number of nitrogens with one attached hydrogen (secondary N) is 2.